The lowest BCUT2D eigenvalue weighted by molar-refractivity contribution is -0.169. The van der Waals surface area contributed by atoms with Crippen molar-refractivity contribution >= 4 is 43.2 Å². The zero-order valence-corrected chi connectivity index (χ0v) is 28.8. The van der Waals surface area contributed by atoms with E-state index in [9.17, 15) is 39.6 Å². The van der Waals surface area contributed by atoms with Gasteiger partial charge in [0.1, 0.15) is 11.4 Å². The van der Waals surface area contributed by atoms with Crippen molar-refractivity contribution in [2.75, 3.05) is 11.5 Å². The Balaban J connectivity index is 1.70. The Hall–Kier alpha value is -4.58. The number of nitrogens with zero attached hydrogens (tertiary/aromatic N) is 3. The number of aryl methyl sites for hydroxylation is 2. The van der Waals surface area contributed by atoms with E-state index in [0.717, 1.165) is 0 Å². The summed E-state index contributed by atoms with van der Waals surface area (Å²) in [7, 11) is -7.67. The number of halogens is 3. The van der Waals surface area contributed by atoms with Gasteiger partial charge in [-0.25, -0.2) is 21.6 Å². The quantitative estimate of drug-likeness (QED) is 0.183. The van der Waals surface area contributed by atoms with Gasteiger partial charge in [-0.05, 0) is 82.5 Å². The molecule has 1 heterocycles. The second-order valence-corrected chi connectivity index (χ2v) is 16.1. The molecule has 0 saturated carbocycles. The minimum absolute atomic E-state index is 0.0174. The van der Waals surface area contributed by atoms with Crippen LogP contribution in [0.5, 0.6) is 0 Å². The van der Waals surface area contributed by atoms with Crippen LogP contribution in [0.3, 0.4) is 0 Å². The average Bonchev–Trinajstić information content (AvgIpc) is 3.36. The Kier molecular flexibility index (Phi) is 12.1. The molecular formula is C31H37F3N6O7S2. The van der Waals surface area contributed by atoms with E-state index in [1.165, 1.54) is 70.1 Å². The van der Waals surface area contributed by atoms with E-state index in [1.54, 1.807) is 27.7 Å². The molecule has 0 aliphatic heterocycles. The molecule has 13 nitrogen and oxygen atoms in total. The first kappa shape index (κ1) is 38.9. The summed E-state index contributed by atoms with van der Waals surface area (Å²) >= 11 is 0. The molecule has 0 fully saturated rings. The number of amidine groups is 1. The molecule has 0 atom stereocenters. The summed E-state index contributed by atoms with van der Waals surface area (Å²) in [6.07, 6.45) is -3.61. The van der Waals surface area contributed by atoms with Gasteiger partial charge >= 0.3 is 18.2 Å². The number of alkyl halides is 3. The number of amides is 2. The lowest BCUT2D eigenvalue weighted by Crippen LogP contribution is -2.36. The first-order valence-corrected chi connectivity index (χ1v) is 18.1. The second-order valence-electron chi connectivity index (χ2n) is 11.9. The van der Waals surface area contributed by atoms with Crippen LogP contribution in [0.15, 0.2) is 75.7 Å². The third-order valence-corrected chi connectivity index (χ3v) is 10.4. The van der Waals surface area contributed by atoms with Crippen LogP contribution in [0, 0.1) is 10.8 Å². The van der Waals surface area contributed by atoms with Gasteiger partial charge in [-0.3, -0.25) is 15.5 Å². The van der Waals surface area contributed by atoms with Crippen molar-refractivity contribution in [2.24, 2.45) is 4.99 Å². The highest BCUT2D eigenvalue weighted by Crippen LogP contribution is 2.18. The minimum atomic E-state index is -5.27. The van der Waals surface area contributed by atoms with E-state index in [1.807, 2.05) is 0 Å². The lowest BCUT2D eigenvalue weighted by atomic mass is 10.1. The molecule has 1 aromatic heterocycles. The van der Waals surface area contributed by atoms with Crippen LogP contribution in [0.2, 0.25) is 0 Å². The molecule has 0 saturated heterocycles. The number of alkyl carbamates (subject to hydrolysis) is 1. The molecule has 0 bridgehead atoms. The van der Waals surface area contributed by atoms with Crippen molar-refractivity contribution < 1.29 is 44.3 Å². The number of imidazole rings is 1. The van der Waals surface area contributed by atoms with Crippen molar-refractivity contribution in [3.8, 4) is 0 Å². The van der Waals surface area contributed by atoms with Gasteiger partial charge in [-0.2, -0.15) is 18.2 Å². The predicted molar refractivity (Wildman–Crippen MR) is 174 cm³/mol. The van der Waals surface area contributed by atoms with Gasteiger partial charge in [-0.1, -0.05) is 12.1 Å². The van der Waals surface area contributed by atoms with Crippen LogP contribution in [0.25, 0.3) is 0 Å². The molecule has 0 aliphatic rings. The van der Waals surface area contributed by atoms with Crippen molar-refractivity contribution in [1.29, 1.82) is 10.8 Å². The van der Waals surface area contributed by atoms with E-state index < -0.39 is 54.8 Å². The molecule has 2 amide bonds. The summed E-state index contributed by atoms with van der Waals surface area (Å²) in [6, 6.07) is 10.9. The summed E-state index contributed by atoms with van der Waals surface area (Å²) in [5.41, 5.74) is -0.193. The fraction of sp³-hybridized carbons (Fsp3) is 0.387. The molecule has 2 aromatic carbocycles. The Labute approximate surface area is 281 Å². The molecule has 3 rings (SSSR count). The van der Waals surface area contributed by atoms with Crippen molar-refractivity contribution in [3.05, 3.63) is 77.7 Å². The second kappa shape index (κ2) is 15.3. The monoisotopic (exact) mass is 726 g/mol. The summed E-state index contributed by atoms with van der Waals surface area (Å²) < 4.78 is 98.4. The Morgan fingerprint density at radius 1 is 0.796 bits per heavy atom. The SMILES string of the molecule is CC(=N)c1ccc(S(=O)(=O)CCCn2ccn(CCCS(=O)(=O)c3ccc(C(=N)NC(=O)OC(C)(C)C)cc3)/c2=N\C(=O)C(F)(F)F)cc1. The number of hydrogen-bond acceptors (Lipinski definition) is 9. The molecule has 0 radical (unpaired) electrons. The van der Waals surface area contributed by atoms with Crippen molar-refractivity contribution in [3.63, 3.8) is 0 Å². The molecule has 0 unspecified atom stereocenters. The molecular weight excluding hydrogens is 690 g/mol. The molecule has 49 heavy (non-hydrogen) atoms. The lowest BCUT2D eigenvalue weighted by Gasteiger charge is -2.19. The minimum Gasteiger partial charge on any atom is -0.444 e. The zero-order valence-electron chi connectivity index (χ0n) is 27.2. The van der Waals surface area contributed by atoms with E-state index >= 15 is 0 Å². The van der Waals surface area contributed by atoms with Gasteiger partial charge < -0.3 is 19.3 Å². The fourth-order valence-corrected chi connectivity index (χ4v) is 6.99. The fourth-order valence-electron chi connectivity index (χ4n) is 4.40. The maximum absolute atomic E-state index is 13.1. The molecule has 266 valence electrons. The van der Waals surface area contributed by atoms with Gasteiger partial charge in [-0.15, -0.1) is 0 Å². The van der Waals surface area contributed by atoms with Gasteiger partial charge in [0.25, 0.3) is 0 Å². The number of carbonyl (C=O) groups excluding carboxylic acids is 2. The summed E-state index contributed by atoms with van der Waals surface area (Å²) in [6.45, 7) is 6.26. The maximum atomic E-state index is 13.1. The number of ether oxygens (including phenoxy) is 1. The number of carbonyl (C=O) groups is 2. The summed E-state index contributed by atoms with van der Waals surface area (Å²) in [4.78, 5) is 26.8. The number of sulfone groups is 2. The van der Waals surface area contributed by atoms with E-state index in [0.29, 0.717) is 5.56 Å². The highest BCUT2D eigenvalue weighted by Gasteiger charge is 2.39. The van der Waals surface area contributed by atoms with Crippen LogP contribution in [-0.4, -0.2) is 72.8 Å². The zero-order chi connectivity index (χ0) is 36.8. The smallest absolute Gasteiger partial charge is 0.444 e. The van der Waals surface area contributed by atoms with E-state index in [-0.39, 0.29) is 58.6 Å². The number of benzene rings is 2. The Morgan fingerprint density at radius 3 is 1.61 bits per heavy atom. The average molecular weight is 727 g/mol. The van der Waals surface area contributed by atoms with Gasteiger partial charge in [0.2, 0.25) is 5.62 Å². The molecule has 18 heteroatoms. The van der Waals surface area contributed by atoms with Crippen LogP contribution in [0.4, 0.5) is 18.0 Å². The normalized spacial score (nSPS) is 12.8. The molecule has 0 spiro atoms. The Bertz CT molecular complexity index is 1990. The predicted octanol–water partition coefficient (Wildman–Crippen LogP) is 4.25. The van der Waals surface area contributed by atoms with Crippen LogP contribution in [0.1, 0.15) is 51.7 Å². The molecule has 3 N–H and O–H groups in total. The van der Waals surface area contributed by atoms with Crippen LogP contribution >= 0.6 is 0 Å². The standard InChI is InChI=1S/C31H37F3N6O7S2/c1-21(35)22-7-11-24(12-8-22)48(43,44)19-5-15-39-17-18-40(28(39)38-27(41)31(32,33)34)16-6-20-49(45,46)25-13-9-23(10-14-25)26(36)37-29(42)47-30(2,3)4/h7-14,17-18,35H,5-6,15-16,19-20H2,1-4H3,(H2,36,37,42)/b35-21?,38-28-. The highest BCUT2D eigenvalue weighted by atomic mass is 32.2. The van der Waals surface area contributed by atoms with Crippen molar-refractivity contribution in [1.82, 2.24) is 14.5 Å². The third-order valence-electron chi connectivity index (χ3n) is 6.78. The van der Waals surface area contributed by atoms with E-state index in [2.05, 4.69) is 10.3 Å². The van der Waals surface area contributed by atoms with Gasteiger partial charge in [0.05, 0.1) is 21.3 Å². The van der Waals surface area contributed by atoms with E-state index in [4.69, 9.17) is 15.6 Å². The first-order chi connectivity index (χ1) is 22.6. The Morgan fingerprint density at radius 2 is 1.22 bits per heavy atom. The van der Waals surface area contributed by atoms with Gasteiger partial charge in [0, 0.05) is 36.8 Å². The topological polar surface area (TPSA) is 194 Å². The molecule has 3 aromatic rings. The number of nitrogens with one attached hydrogen (secondary N) is 3. The van der Waals surface area contributed by atoms with Gasteiger partial charge in [0.15, 0.2) is 19.7 Å². The largest absolute Gasteiger partial charge is 0.473 e. The van der Waals surface area contributed by atoms with Crippen LogP contribution < -0.4 is 10.9 Å². The number of hydrogen-bond donors (Lipinski definition) is 3. The third kappa shape index (κ3) is 11.2. The highest BCUT2D eigenvalue weighted by molar-refractivity contribution is 7.91. The summed E-state index contributed by atoms with van der Waals surface area (Å²) in [5, 5.41) is 17.9. The van der Waals surface area contributed by atoms with Crippen LogP contribution in [-0.2, 0) is 42.3 Å². The number of rotatable bonds is 12. The first-order valence-electron chi connectivity index (χ1n) is 14.8. The summed E-state index contributed by atoms with van der Waals surface area (Å²) in [5.74, 6) is -3.49. The van der Waals surface area contributed by atoms with Crippen molar-refractivity contribution in [2.45, 2.75) is 75.2 Å². The maximum Gasteiger partial charge on any atom is 0.473 e. The molecule has 0 aliphatic carbocycles. The number of aromatic nitrogens is 2.